The summed E-state index contributed by atoms with van der Waals surface area (Å²) in [5.74, 6) is 0.806. The Morgan fingerprint density at radius 2 is 2.00 bits per heavy atom. The molecule has 1 fully saturated rings. The molecule has 1 aliphatic rings. The van der Waals surface area contributed by atoms with Crippen LogP contribution >= 0.6 is 0 Å². The van der Waals surface area contributed by atoms with Crippen molar-refractivity contribution in [1.82, 2.24) is 15.1 Å². The fraction of sp³-hybridized carbons (Fsp3) is 0.474. The predicted molar refractivity (Wildman–Crippen MR) is 91.8 cm³/mol. The molecular weight excluding hydrogens is 286 g/mol. The lowest BCUT2D eigenvalue weighted by atomic mass is 10.0. The topological polar surface area (TPSA) is 46.9 Å². The first-order valence-electron chi connectivity index (χ1n) is 8.64. The molecule has 0 atom stereocenters. The standard InChI is InChI=1S/C19H25N3O/c1-15-14-18(21-22(15)17-11-3-2-4-12-17)19(23)20-13-7-10-16-8-5-6-9-16/h2-4,11-12,14,16H,5-10,13H2,1H3,(H,20,23). The Morgan fingerprint density at radius 1 is 1.26 bits per heavy atom. The number of hydrogen-bond donors (Lipinski definition) is 1. The number of aromatic nitrogens is 2. The van der Waals surface area contributed by atoms with E-state index in [9.17, 15) is 4.79 Å². The molecule has 0 radical (unpaired) electrons. The van der Waals surface area contributed by atoms with Crippen LogP contribution in [0.15, 0.2) is 36.4 Å². The molecule has 4 heteroatoms. The van der Waals surface area contributed by atoms with E-state index in [2.05, 4.69) is 10.4 Å². The maximum Gasteiger partial charge on any atom is 0.271 e. The van der Waals surface area contributed by atoms with E-state index in [-0.39, 0.29) is 5.91 Å². The minimum absolute atomic E-state index is 0.0748. The first kappa shape index (κ1) is 15.8. The van der Waals surface area contributed by atoms with Crippen LogP contribution in [0.5, 0.6) is 0 Å². The van der Waals surface area contributed by atoms with E-state index < -0.39 is 0 Å². The number of nitrogens with zero attached hydrogens (tertiary/aromatic N) is 2. The zero-order valence-electron chi connectivity index (χ0n) is 13.8. The number of nitrogens with one attached hydrogen (secondary N) is 1. The molecule has 1 aliphatic carbocycles. The summed E-state index contributed by atoms with van der Waals surface area (Å²) in [7, 11) is 0. The summed E-state index contributed by atoms with van der Waals surface area (Å²) in [6, 6.07) is 11.7. The second-order valence-corrected chi connectivity index (χ2v) is 6.47. The summed E-state index contributed by atoms with van der Waals surface area (Å²) >= 11 is 0. The van der Waals surface area contributed by atoms with Crippen LogP contribution in [0.2, 0.25) is 0 Å². The SMILES string of the molecule is Cc1cc(C(=O)NCCCC2CCCC2)nn1-c1ccccc1. The van der Waals surface area contributed by atoms with Crippen LogP contribution in [0.3, 0.4) is 0 Å². The zero-order valence-corrected chi connectivity index (χ0v) is 13.8. The van der Waals surface area contributed by atoms with Crippen molar-refractivity contribution in [2.75, 3.05) is 6.54 Å². The highest BCUT2D eigenvalue weighted by Gasteiger charge is 2.15. The molecule has 1 N–H and O–H groups in total. The minimum Gasteiger partial charge on any atom is -0.351 e. The van der Waals surface area contributed by atoms with Gasteiger partial charge in [0.1, 0.15) is 0 Å². The summed E-state index contributed by atoms with van der Waals surface area (Å²) in [6.07, 6.45) is 7.80. The lowest BCUT2D eigenvalue weighted by molar-refractivity contribution is 0.0947. The van der Waals surface area contributed by atoms with E-state index in [0.29, 0.717) is 5.69 Å². The number of carbonyl (C=O) groups is 1. The Kier molecular flexibility index (Phi) is 5.11. The Bertz CT molecular complexity index is 642. The van der Waals surface area contributed by atoms with E-state index in [1.165, 1.54) is 32.1 Å². The van der Waals surface area contributed by atoms with Gasteiger partial charge in [-0.15, -0.1) is 0 Å². The molecule has 0 unspecified atom stereocenters. The smallest absolute Gasteiger partial charge is 0.271 e. The van der Waals surface area contributed by atoms with Gasteiger partial charge < -0.3 is 5.32 Å². The molecule has 1 saturated carbocycles. The first-order valence-corrected chi connectivity index (χ1v) is 8.64. The Labute approximate surface area is 137 Å². The highest BCUT2D eigenvalue weighted by molar-refractivity contribution is 5.92. The van der Waals surface area contributed by atoms with Crippen molar-refractivity contribution in [1.29, 1.82) is 0 Å². The van der Waals surface area contributed by atoms with Gasteiger partial charge in [-0.2, -0.15) is 5.10 Å². The van der Waals surface area contributed by atoms with Crippen molar-refractivity contribution in [2.45, 2.75) is 45.4 Å². The molecule has 0 saturated heterocycles. The lowest BCUT2D eigenvalue weighted by Crippen LogP contribution is -2.25. The van der Waals surface area contributed by atoms with E-state index >= 15 is 0 Å². The molecule has 1 heterocycles. The number of amides is 1. The van der Waals surface area contributed by atoms with Crippen molar-refractivity contribution in [3.05, 3.63) is 47.8 Å². The molecular formula is C19H25N3O. The maximum absolute atomic E-state index is 12.3. The van der Waals surface area contributed by atoms with Crippen LogP contribution < -0.4 is 5.32 Å². The largest absolute Gasteiger partial charge is 0.351 e. The van der Waals surface area contributed by atoms with Crippen molar-refractivity contribution in [2.24, 2.45) is 5.92 Å². The van der Waals surface area contributed by atoms with Gasteiger partial charge >= 0.3 is 0 Å². The molecule has 1 amide bonds. The second-order valence-electron chi connectivity index (χ2n) is 6.47. The number of rotatable bonds is 6. The molecule has 2 aromatic rings. The Balaban J connectivity index is 1.53. The summed E-state index contributed by atoms with van der Waals surface area (Å²) in [4.78, 5) is 12.3. The van der Waals surface area contributed by atoms with Gasteiger partial charge in [0.25, 0.3) is 5.91 Å². The number of benzene rings is 1. The average Bonchev–Trinajstić information content (AvgIpc) is 3.22. The first-order chi connectivity index (χ1) is 11.2. The molecule has 122 valence electrons. The number of carbonyl (C=O) groups excluding carboxylic acids is 1. The van der Waals surface area contributed by atoms with Gasteiger partial charge in [0.05, 0.1) is 5.69 Å². The summed E-state index contributed by atoms with van der Waals surface area (Å²) < 4.78 is 1.81. The highest BCUT2D eigenvalue weighted by Crippen LogP contribution is 2.28. The summed E-state index contributed by atoms with van der Waals surface area (Å²) in [5, 5.41) is 7.44. The quantitative estimate of drug-likeness (QED) is 0.823. The third-order valence-corrected chi connectivity index (χ3v) is 4.67. The van der Waals surface area contributed by atoms with Gasteiger partial charge in [-0.1, -0.05) is 43.9 Å². The van der Waals surface area contributed by atoms with Gasteiger partial charge in [0, 0.05) is 12.2 Å². The van der Waals surface area contributed by atoms with Gasteiger partial charge in [-0.25, -0.2) is 4.68 Å². The van der Waals surface area contributed by atoms with Gasteiger partial charge in [0.2, 0.25) is 0 Å². The van der Waals surface area contributed by atoms with Crippen LogP contribution in [0.25, 0.3) is 5.69 Å². The van der Waals surface area contributed by atoms with E-state index in [0.717, 1.165) is 30.3 Å². The number of aryl methyl sites for hydroxylation is 1. The Hall–Kier alpha value is -2.10. The highest BCUT2D eigenvalue weighted by atomic mass is 16.1. The predicted octanol–water partition coefficient (Wildman–Crippen LogP) is 3.88. The molecule has 0 bridgehead atoms. The van der Waals surface area contributed by atoms with Crippen LogP contribution in [0, 0.1) is 12.8 Å². The van der Waals surface area contributed by atoms with Gasteiger partial charge in [-0.05, 0) is 43.9 Å². The molecule has 0 spiro atoms. The maximum atomic E-state index is 12.3. The Morgan fingerprint density at radius 3 is 2.74 bits per heavy atom. The molecule has 23 heavy (non-hydrogen) atoms. The minimum atomic E-state index is -0.0748. The van der Waals surface area contributed by atoms with Crippen LogP contribution in [-0.2, 0) is 0 Å². The third kappa shape index (κ3) is 4.01. The van der Waals surface area contributed by atoms with Crippen molar-refractivity contribution < 1.29 is 4.79 Å². The fourth-order valence-electron chi connectivity index (χ4n) is 3.40. The average molecular weight is 311 g/mol. The van der Waals surface area contributed by atoms with Crippen molar-refractivity contribution in [3.8, 4) is 5.69 Å². The van der Waals surface area contributed by atoms with Crippen molar-refractivity contribution in [3.63, 3.8) is 0 Å². The van der Waals surface area contributed by atoms with Gasteiger partial charge in [-0.3, -0.25) is 4.79 Å². The molecule has 1 aromatic carbocycles. The number of hydrogen-bond acceptors (Lipinski definition) is 2. The second kappa shape index (κ2) is 7.44. The van der Waals surface area contributed by atoms with Crippen molar-refractivity contribution >= 4 is 5.91 Å². The summed E-state index contributed by atoms with van der Waals surface area (Å²) in [5.41, 5.74) is 2.44. The lowest BCUT2D eigenvalue weighted by Gasteiger charge is -2.08. The molecule has 1 aromatic heterocycles. The summed E-state index contributed by atoms with van der Waals surface area (Å²) in [6.45, 7) is 2.71. The molecule has 3 rings (SSSR count). The van der Waals surface area contributed by atoms with E-state index in [1.807, 2.05) is 48.0 Å². The van der Waals surface area contributed by atoms with E-state index in [4.69, 9.17) is 0 Å². The van der Waals surface area contributed by atoms with Crippen LogP contribution in [0.1, 0.15) is 54.7 Å². The fourth-order valence-corrected chi connectivity index (χ4v) is 3.40. The van der Waals surface area contributed by atoms with E-state index in [1.54, 1.807) is 0 Å². The third-order valence-electron chi connectivity index (χ3n) is 4.67. The monoisotopic (exact) mass is 311 g/mol. The normalized spacial score (nSPS) is 15.0. The van der Waals surface area contributed by atoms with Gasteiger partial charge in [0.15, 0.2) is 5.69 Å². The molecule has 0 aliphatic heterocycles. The zero-order chi connectivity index (χ0) is 16.1. The van der Waals surface area contributed by atoms with Crippen LogP contribution in [0.4, 0.5) is 0 Å². The van der Waals surface area contributed by atoms with Crippen LogP contribution in [-0.4, -0.2) is 22.2 Å². The number of para-hydroxylation sites is 1. The molecule has 4 nitrogen and oxygen atoms in total.